The standard InChI is InChI=1S/C68H130O6/c1-2-3-4-5-6-7-8-9-10-11-12-13-14-15-16-17-18-19-20-21-22-23-24-25-26-27-28-29-30-31-32-33-34-35-36-37-38-39-40-41-42-43-44-45-46-47-48-49-50-51-52-53-54-55-56-57-58-59-65-60-66(71)73-63-68(61-69,62-70)64-74-67(65)72/h24-25,65,69-70H,2-23,26-64H2,1H3/b25-24+. The fourth-order valence-electron chi connectivity index (χ4n) is 11.3. The molecule has 0 saturated carbocycles. The predicted molar refractivity (Wildman–Crippen MR) is 320 cm³/mol. The number of carbonyl (C=O) groups excluding carboxylic acids is 2. The summed E-state index contributed by atoms with van der Waals surface area (Å²) in [6.45, 7) is 1.21. The normalized spacial score (nSPS) is 15.1. The Labute approximate surface area is 462 Å². The molecule has 2 N–H and O–H groups in total. The highest BCUT2D eigenvalue weighted by Crippen LogP contribution is 2.25. The van der Waals surface area contributed by atoms with Crippen LogP contribution in [0.4, 0.5) is 0 Å². The predicted octanol–water partition coefficient (Wildman–Crippen LogP) is 21.5. The van der Waals surface area contributed by atoms with Crippen molar-refractivity contribution >= 4 is 11.9 Å². The lowest BCUT2D eigenvalue weighted by molar-refractivity contribution is -0.155. The molecule has 438 valence electrons. The Morgan fingerprint density at radius 3 is 0.838 bits per heavy atom. The summed E-state index contributed by atoms with van der Waals surface area (Å²) in [5, 5.41) is 19.2. The molecule has 1 aliphatic heterocycles. The average Bonchev–Trinajstić information content (AvgIpc) is 3.47. The van der Waals surface area contributed by atoms with E-state index >= 15 is 0 Å². The summed E-state index contributed by atoms with van der Waals surface area (Å²) < 4.78 is 10.6. The van der Waals surface area contributed by atoms with Gasteiger partial charge in [-0.15, -0.1) is 0 Å². The van der Waals surface area contributed by atoms with E-state index in [4.69, 9.17) is 9.47 Å². The molecule has 1 saturated heterocycles. The molecule has 6 heteroatoms. The van der Waals surface area contributed by atoms with Crippen LogP contribution in [-0.4, -0.2) is 48.6 Å². The number of aliphatic hydroxyl groups excluding tert-OH is 2. The van der Waals surface area contributed by atoms with Gasteiger partial charge in [0.05, 0.1) is 31.0 Å². The number of carbonyl (C=O) groups is 2. The molecule has 1 heterocycles. The third-order valence-electron chi connectivity index (χ3n) is 16.8. The summed E-state index contributed by atoms with van der Waals surface area (Å²) in [4.78, 5) is 24.8. The summed E-state index contributed by atoms with van der Waals surface area (Å²) in [7, 11) is 0. The minimum Gasteiger partial charge on any atom is -0.465 e. The third-order valence-corrected chi connectivity index (χ3v) is 16.8. The fraction of sp³-hybridized carbons (Fsp3) is 0.941. The van der Waals surface area contributed by atoms with E-state index in [1.54, 1.807) is 0 Å². The molecule has 0 aromatic rings. The number of aliphatic hydroxyl groups is 2. The van der Waals surface area contributed by atoms with Crippen LogP contribution in [0.15, 0.2) is 12.2 Å². The van der Waals surface area contributed by atoms with E-state index in [1.165, 1.54) is 334 Å². The van der Waals surface area contributed by atoms with E-state index in [-0.39, 0.29) is 19.6 Å². The molecule has 6 nitrogen and oxygen atoms in total. The Bertz CT molecular complexity index is 1160. The van der Waals surface area contributed by atoms with Crippen LogP contribution in [0.1, 0.15) is 373 Å². The Morgan fingerprint density at radius 2 is 0.581 bits per heavy atom. The second-order valence-corrected chi connectivity index (χ2v) is 24.2. The Hall–Kier alpha value is -1.40. The average molecular weight is 1040 g/mol. The maximum absolute atomic E-state index is 12.6. The van der Waals surface area contributed by atoms with Gasteiger partial charge in [0.2, 0.25) is 0 Å². The zero-order chi connectivity index (χ0) is 53.2. The molecule has 1 atom stereocenters. The van der Waals surface area contributed by atoms with Gasteiger partial charge in [-0.2, -0.15) is 0 Å². The Balaban J connectivity index is 1.67. The molecule has 0 spiro atoms. The van der Waals surface area contributed by atoms with Gasteiger partial charge >= 0.3 is 11.9 Å². The van der Waals surface area contributed by atoms with Gasteiger partial charge in [0.15, 0.2) is 0 Å². The summed E-state index contributed by atoms with van der Waals surface area (Å²) >= 11 is 0. The second-order valence-electron chi connectivity index (χ2n) is 24.2. The SMILES string of the molecule is CCCCCCCCCCCCCCCCCCCCCCC/C=C/CCCCCCCCCCCCCCCCCCCCCCCCCCCCCCCCCCC1CC(=O)OCC(CO)(CO)COC1=O. The molecule has 0 bridgehead atoms. The quantitative estimate of drug-likeness (QED) is 0.0358. The summed E-state index contributed by atoms with van der Waals surface area (Å²) in [6.07, 6.45) is 83.1. The highest BCUT2D eigenvalue weighted by atomic mass is 16.6. The van der Waals surface area contributed by atoms with Crippen molar-refractivity contribution in [3.63, 3.8) is 0 Å². The molecule has 0 aliphatic carbocycles. The van der Waals surface area contributed by atoms with Gasteiger partial charge in [0.1, 0.15) is 13.2 Å². The maximum Gasteiger partial charge on any atom is 0.309 e. The molecule has 0 amide bonds. The molecular formula is C68H130O6. The van der Waals surface area contributed by atoms with Gasteiger partial charge in [-0.3, -0.25) is 9.59 Å². The van der Waals surface area contributed by atoms with Crippen LogP contribution in [0.2, 0.25) is 0 Å². The Morgan fingerprint density at radius 1 is 0.351 bits per heavy atom. The first kappa shape index (κ1) is 70.6. The first-order chi connectivity index (χ1) is 36.6. The number of rotatable bonds is 59. The van der Waals surface area contributed by atoms with E-state index < -0.39 is 36.5 Å². The maximum atomic E-state index is 12.6. The molecule has 0 aromatic heterocycles. The molecule has 0 radical (unpaired) electrons. The zero-order valence-electron chi connectivity index (χ0n) is 49.9. The number of cyclic esters (lactones) is 2. The van der Waals surface area contributed by atoms with Crippen molar-refractivity contribution < 1.29 is 29.3 Å². The van der Waals surface area contributed by atoms with Crippen LogP contribution in [-0.2, 0) is 19.1 Å². The van der Waals surface area contributed by atoms with Crippen LogP contribution >= 0.6 is 0 Å². The third kappa shape index (κ3) is 48.9. The topological polar surface area (TPSA) is 93.1 Å². The van der Waals surface area contributed by atoms with Crippen LogP contribution in [0.5, 0.6) is 0 Å². The highest BCUT2D eigenvalue weighted by Gasteiger charge is 2.36. The molecule has 0 aromatic carbocycles. The Kier molecular flexibility index (Phi) is 55.1. The molecule has 1 rings (SSSR count). The van der Waals surface area contributed by atoms with Crippen LogP contribution in [0.25, 0.3) is 0 Å². The van der Waals surface area contributed by atoms with Crippen molar-refractivity contribution in [1.29, 1.82) is 0 Å². The smallest absolute Gasteiger partial charge is 0.309 e. The highest BCUT2D eigenvalue weighted by molar-refractivity contribution is 5.80. The molecule has 74 heavy (non-hydrogen) atoms. The van der Waals surface area contributed by atoms with Gasteiger partial charge in [0.25, 0.3) is 0 Å². The lowest BCUT2D eigenvalue weighted by atomic mass is 9.92. The van der Waals surface area contributed by atoms with Crippen molar-refractivity contribution in [3.05, 3.63) is 12.2 Å². The number of esters is 2. The van der Waals surface area contributed by atoms with Crippen molar-refractivity contribution in [3.8, 4) is 0 Å². The minimum atomic E-state index is -1.12. The number of hydrogen-bond donors (Lipinski definition) is 2. The summed E-state index contributed by atoms with van der Waals surface area (Å²) in [6, 6.07) is 0. The van der Waals surface area contributed by atoms with Crippen molar-refractivity contribution in [2.75, 3.05) is 26.4 Å². The van der Waals surface area contributed by atoms with Crippen LogP contribution in [0, 0.1) is 11.3 Å². The number of ether oxygens (including phenoxy) is 2. The first-order valence-electron chi connectivity index (χ1n) is 33.8. The number of hydrogen-bond acceptors (Lipinski definition) is 6. The lowest BCUT2D eigenvalue weighted by Crippen LogP contribution is -2.40. The van der Waals surface area contributed by atoms with Gasteiger partial charge < -0.3 is 19.7 Å². The second kappa shape index (κ2) is 57.8. The van der Waals surface area contributed by atoms with Gasteiger partial charge in [-0.1, -0.05) is 347 Å². The van der Waals surface area contributed by atoms with Crippen molar-refractivity contribution in [2.45, 2.75) is 373 Å². The lowest BCUT2D eigenvalue weighted by Gasteiger charge is -2.27. The van der Waals surface area contributed by atoms with E-state index in [0.29, 0.717) is 6.42 Å². The van der Waals surface area contributed by atoms with Crippen molar-refractivity contribution in [1.82, 2.24) is 0 Å². The van der Waals surface area contributed by atoms with Crippen molar-refractivity contribution in [2.24, 2.45) is 11.3 Å². The zero-order valence-corrected chi connectivity index (χ0v) is 49.9. The first-order valence-corrected chi connectivity index (χ1v) is 33.8. The molecule has 1 unspecified atom stereocenters. The summed E-state index contributed by atoms with van der Waals surface area (Å²) in [5.41, 5.74) is -1.12. The molecule has 1 fully saturated rings. The van der Waals surface area contributed by atoms with E-state index in [1.807, 2.05) is 0 Å². The summed E-state index contributed by atoms with van der Waals surface area (Å²) in [5.74, 6) is -1.40. The minimum absolute atomic E-state index is 0.00488. The van der Waals surface area contributed by atoms with Crippen LogP contribution in [0.3, 0.4) is 0 Å². The van der Waals surface area contributed by atoms with Gasteiger partial charge in [0, 0.05) is 0 Å². The molecular weight excluding hydrogens is 913 g/mol. The van der Waals surface area contributed by atoms with E-state index in [0.717, 1.165) is 19.3 Å². The van der Waals surface area contributed by atoms with E-state index in [9.17, 15) is 19.8 Å². The fourth-order valence-corrected chi connectivity index (χ4v) is 11.3. The largest absolute Gasteiger partial charge is 0.465 e. The molecule has 1 aliphatic rings. The van der Waals surface area contributed by atoms with Gasteiger partial charge in [-0.05, 0) is 32.1 Å². The monoisotopic (exact) mass is 1040 g/mol. The van der Waals surface area contributed by atoms with Crippen LogP contribution < -0.4 is 0 Å². The number of allylic oxidation sites excluding steroid dienone is 2. The number of unbranched alkanes of at least 4 members (excludes halogenated alkanes) is 53. The van der Waals surface area contributed by atoms with E-state index in [2.05, 4.69) is 19.1 Å². The van der Waals surface area contributed by atoms with Gasteiger partial charge in [-0.25, -0.2) is 0 Å².